The number of aryl methyl sites for hydroxylation is 1. The topological polar surface area (TPSA) is 106 Å². The minimum atomic E-state index is -0.201. The van der Waals surface area contributed by atoms with Crippen molar-refractivity contribution < 1.29 is 4.79 Å². The van der Waals surface area contributed by atoms with Crippen molar-refractivity contribution in [1.82, 2.24) is 30.3 Å². The Morgan fingerprint density at radius 3 is 2.65 bits per heavy atom. The summed E-state index contributed by atoms with van der Waals surface area (Å²) in [6.45, 7) is 4.53. The van der Waals surface area contributed by atoms with Gasteiger partial charge in [-0.2, -0.15) is 0 Å². The van der Waals surface area contributed by atoms with E-state index in [4.69, 9.17) is 0 Å². The molecule has 0 fully saturated rings. The lowest BCUT2D eigenvalue weighted by molar-refractivity contribution is -0.122. The van der Waals surface area contributed by atoms with E-state index in [1.54, 1.807) is 18.2 Å². The number of hydrogen-bond acceptors (Lipinski definition) is 5. The zero-order valence-electron chi connectivity index (χ0n) is 17.7. The minimum absolute atomic E-state index is 0.0763. The first kappa shape index (κ1) is 20.7. The van der Waals surface area contributed by atoms with Crippen molar-refractivity contribution in [2.75, 3.05) is 0 Å². The van der Waals surface area contributed by atoms with Gasteiger partial charge in [-0.1, -0.05) is 49.7 Å². The molecule has 1 amide bonds. The van der Waals surface area contributed by atoms with Gasteiger partial charge in [0.1, 0.15) is 11.3 Å². The molecule has 0 radical (unpaired) electrons. The highest BCUT2D eigenvalue weighted by Crippen LogP contribution is 2.24. The van der Waals surface area contributed by atoms with Crippen LogP contribution in [-0.4, -0.2) is 30.9 Å². The fourth-order valence-electron chi connectivity index (χ4n) is 3.64. The summed E-state index contributed by atoms with van der Waals surface area (Å²) in [5, 5.41) is 11.7. The van der Waals surface area contributed by atoms with E-state index in [1.807, 2.05) is 30.3 Å². The molecule has 0 aliphatic heterocycles. The molecule has 4 rings (SSSR count). The molecule has 160 valence electrons. The standard InChI is InChI=1S/C23H26N6O2/c1-3-15(2)21(22-24-18-11-6-7-12-19(18)25-22)26-20(30)13-8-14-29-23(31)16-9-4-5-10-17(16)27-28-29/h4-7,9-12,15,21H,3,8,13-14H2,1-2H3,(H,24,25)(H,26,30)/t15-,21-/m1/s1. The van der Waals surface area contributed by atoms with Crippen LogP contribution in [0, 0.1) is 5.92 Å². The monoisotopic (exact) mass is 418 g/mol. The third-order valence-corrected chi connectivity index (χ3v) is 5.63. The van der Waals surface area contributed by atoms with Crippen LogP contribution in [0.25, 0.3) is 21.9 Å². The lowest BCUT2D eigenvalue weighted by Gasteiger charge is -2.22. The van der Waals surface area contributed by atoms with E-state index in [0.717, 1.165) is 23.3 Å². The van der Waals surface area contributed by atoms with E-state index in [2.05, 4.69) is 39.4 Å². The van der Waals surface area contributed by atoms with Crippen molar-refractivity contribution >= 4 is 27.8 Å². The summed E-state index contributed by atoms with van der Waals surface area (Å²) in [5.74, 6) is 0.909. The van der Waals surface area contributed by atoms with E-state index >= 15 is 0 Å². The number of benzene rings is 2. The average Bonchev–Trinajstić information content (AvgIpc) is 3.22. The molecule has 2 aromatic heterocycles. The van der Waals surface area contributed by atoms with E-state index in [0.29, 0.717) is 23.9 Å². The third-order valence-electron chi connectivity index (χ3n) is 5.63. The van der Waals surface area contributed by atoms with Gasteiger partial charge in [-0.05, 0) is 36.6 Å². The van der Waals surface area contributed by atoms with Crippen LogP contribution in [0.15, 0.2) is 53.3 Å². The Morgan fingerprint density at radius 2 is 1.87 bits per heavy atom. The fourth-order valence-corrected chi connectivity index (χ4v) is 3.64. The molecule has 2 heterocycles. The van der Waals surface area contributed by atoms with E-state index in [-0.39, 0.29) is 29.8 Å². The largest absolute Gasteiger partial charge is 0.346 e. The number of nitrogens with one attached hydrogen (secondary N) is 2. The molecule has 2 N–H and O–H groups in total. The number of para-hydroxylation sites is 2. The van der Waals surface area contributed by atoms with Crippen molar-refractivity contribution in [1.29, 1.82) is 0 Å². The summed E-state index contributed by atoms with van der Waals surface area (Å²) in [7, 11) is 0. The normalized spacial score (nSPS) is 13.4. The van der Waals surface area contributed by atoms with Crippen molar-refractivity contribution in [2.45, 2.75) is 45.7 Å². The van der Waals surface area contributed by atoms with Crippen LogP contribution in [0.5, 0.6) is 0 Å². The van der Waals surface area contributed by atoms with Crippen LogP contribution < -0.4 is 10.9 Å². The Morgan fingerprint density at radius 1 is 1.13 bits per heavy atom. The van der Waals surface area contributed by atoms with Crippen molar-refractivity contribution in [3.8, 4) is 0 Å². The molecule has 2 atom stereocenters. The Balaban J connectivity index is 1.41. The summed E-state index contributed by atoms with van der Waals surface area (Å²) in [6, 6.07) is 14.7. The Bertz CT molecular complexity index is 1230. The molecule has 0 unspecified atom stereocenters. The van der Waals surface area contributed by atoms with Gasteiger partial charge in [-0.15, -0.1) is 5.10 Å². The molecule has 0 saturated carbocycles. The van der Waals surface area contributed by atoms with Crippen LogP contribution >= 0.6 is 0 Å². The number of H-pyrrole nitrogens is 1. The van der Waals surface area contributed by atoms with Crippen LogP contribution in [0.1, 0.15) is 45.0 Å². The van der Waals surface area contributed by atoms with Gasteiger partial charge in [0.25, 0.3) is 5.56 Å². The molecular formula is C23H26N6O2. The predicted octanol–water partition coefficient (Wildman–Crippen LogP) is 3.35. The molecule has 2 aromatic carbocycles. The maximum atomic E-state index is 12.7. The first-order valence-corrected chi connectivity index (χ1v) is 10.6. The molecule has 0 saturated heterocycles. The number of imidazole rings is 1. The smallest absolute Gasteiger partial charge is 0.277 e. The highest BCUT2D eigenvalue weighted by molar-refractivity contribution is 5.78. The fraction of sp³-hybridized carbons (Fsp3) is 0.348. The number of rotatable bonds is 8. The highest BCUT2D eigenvalue weighted by Gasteiger charge is 2.23. The minimum Gasteiger partial charge on any atom is -0.346 e. The molecule has 31 heavy (non-hydrogen) atoms. The first-order chi connectivity index (χ1) is 15.1. The Labute approximate surface area is 179 Å². The highest BCUT2D eigenvalue weighted by atomic mass is 16.1. The number of aromatic amines is 1. The number of carbonyl (C=O) groups is 1. The van der Waals surface area contributed by atoms with E-state index < -0.39 is 0 Å². The molecule has 4 aromatic rings. The van der Waals surface area contributed by atoms with Gasteiger partial charge in [0.15, 0.2) is 0 Å². The molecule has 8 nitrogen and oxygen atoms in total. The van der Waals surface area contributed by atoms with Gasteiger partial charge in [-0.25, -0.2) is 9.67 Å². The Hall–Kier alpha value is -3.55. The number of hydrogen-bond donors (Lipinski definition) is 2. The van der Waals surface area contributed by atoms with Gasteiger partial charge >= 0.3 is 0 Å². The molecule has 0 aliphatic carbocycles. The quantitative estimate of drug-likeness (QED) is 0.456. The van der Waals surface area contributed by atoms with Gasteiger partial charge in [0.2, 0.25) is 5.91 Å². The SMILES string of the molecule is CC[C@@H](C)[C@@H](NC(=O)CCCn1nnc2ccccc2c1=O)c1nc2ccccc2[nH]1. The molecule has 0 bridgehead atoms. The van der Waals surface area contributed by atoms with Gasteiger partial charge in [0, 0.05) is 13.0 Å². The van der Waals surface area contributed by atoms with Crippen LogP contribution in [-0.2, 0) is 11.3 Å². The summed E-state index contributed by atoms with van der Waals surface area (Å²) < 4.78 is 1.32. The van der Waals surface area contributed by atoms with E-state index in [1.165, 1.54) is 4.68 Å². The van der Waals surface area contributed by atoms with Crippen LogP contribution in [0.4, 0.5) is 0 Å². The van der Waals surface area contributed by atoms with Gasteiger partial charge in [0.05, 0.1) is 22.5 Å². The van der Waals surface area contributed by atoms with Crippen molar-refractivity contribution in [3.05, 3.63) is 64.7 Å². The van der Waals surface area contributed by atoms with Gasteiger partial charge in [-0.3, -0.25) is 9.59 Å². The van der Waals surface area contributed by atoms with Crippen LogP contribution in [0.2, 0.25) is 0 Å². The lowest BCUT2D eigenvalue weighted by atomic mass is 9.98. The number of aromatic nitrogens is 5. The van der Waals surface area contributed by atoms with Crippen molar-refractivity contribution in [3.63, 3.8) is 0 Å². The lowest BCUT2D eigenvalue weighted by Crippen LogP contribution is -2.33. The second kappa shape index (κ2) is 9.07. The maximum Gasteiger partial charge on any atom is 0.277 e. The van der Waals surface area contributed by atoms with Gasteiger partial charge < -0.3 is 10.3 Å². The van der Waals surface area contributed by atoms with Crippen molar-refractivity contribution in [2.24, 2.45) is 5.92 Å². The van der Waals surface area contributed by atoms with E-state index in [9.17, 15) is 9.59 Å². The number of amides is 1. The number of carbonyl (C=O) groups excluding carboxylic acids is 1. The molecular weight excluding hydrogens is 392 g/mol. The second-order valence-corrected chi connectivity index (χ2v) is 7.81. The number of fused-ring (bicyclic) bond motifs is 2. The summed E-state index contributed by atoms with van der Waals surface area (Å²) in [4.78, 5) is 33.2. The maximum absolute atomic E-state index is 12.7. The zero-order valence-corrected chi connectivity index (χ0v) is 17.7. The zero-order chi connectivity index (χ0) is 21.8. The second-order valence-electron chi connectivity index (χ2n) is 7.81. The third kappa shape index (κ3) is 4.47. The number of nitrogens with zero attached hydrogens (tertiary/aromatic N) is 4. The molecule has 0 spiro atoms. The predicted molar refractivity (Wildman–Crippen MR) is 119 cm³/mol. The first-order valence-electron chi connectivity index (χ1n) is 10.6. The molecule has 0 aliphatic rings. The molecule has 8 heteroatoms. The van der Waals surface area contributed by atoms with Crippen LogP contribution in [0.3, 0.4) is 0 Å². The summed E-state index contributed by atoms with van der Waals surface area (Å²) in [5.41, 5.74) is 2.22. The summed E-state index contributed by atoms with van der Waals surface area (Å²) in [6.07, 6.45) is 1.68. The average molecular weight is 419 g/mol. The Kier molecular flexibility index (Phi) is 6.06. The summed E-state index contributed by atoms with van der Waals surface area (Å²) >= 11 is 0.